The van der Waals surface area contributed by atoms with Gasteiger partial charge in [-0.05, 0) is 69.5 Å². The number of hydrogen-bond acceptors (Lipinski definition) is 10. The zero-order valence-electron chi connectivity index (χ0n) is 24.6. The number of rotatable bonds is 6. The number of anilines is 2. The van der Waals surface area contributed by atoms with Crippen molar-refractivity contribution in [3.05, 3.63) is 78.0 Å². The number of pyridine rings is 2. The normalized spacial score (nSPS) is 13.5. The van der Waals surface area contributed by atoms with Crippen LogP contribution in [-0.2, 0) is 13.1 Å². The fourth-order valence-electron chi connectivity index (χ4n) is 4.81. The summed E-state index contributed by atoms with van der Waals surface area (Å²) >= 11 is 0. The van der Waals surface area contributed by atoms with E-state index in [-0.39, 0.29) is 6.04 Å². The molecule has 218 valence electrons. The molecule has 0 fully saturated rings. The van der Waals surface area contributed by atoms with Crippen LogP contribution in [0.15, 0.2) is 61.1 Å². The number of nitrogens with zero attached hydrogens (tertiary/aromatic N) is 5. The Labute approximate surface area is 246 Å². The van der Waals surface area contributed by atoms with Gasteiger partial charge in [0.25, 0.3) is 0 Å². The molecule has 0 aliphatic carbocycles. The van der Waals surface area contributed by atoms with Gasteiger partial charge in [-0.3, -0.25) is 4.98 Å². The first-order valence-corrected chi connectivity index (χ1v) is 14.2. The lowest BCUT2D eigenvalue weighted by Crippen LogP contribution is -2.27. The fourth-order valence-corrected chi connectivity index (χ4v) is 4.81. The first-order chi connectivity index (χ1) is 20.4. The highest BCUT2D eigenvalue weighted by Crippen LogP contribution is 2.38. The second kappa shape index (κ2) is 13.3. The molecular formula is C32H37N7O3. The Morgan fingerprint density at radius 1 is 1.00 bits per heavy atom. The molecule has 0 saturated heterocycles. The summed E-state index contributed by atoms with van der Waals surface area (Å²) in [6.45, 7) is 7.85. The van der Waals surface area contributed by atoms with Gasteiger partial charge in [-0.15, -0.1) is 0 Å². The molecule has 10 heteroatoms. The molecule has 42 heavy (non-hydrogen) atoms. The second-order valence-electron chi connectivity index (χ2n) is 10.4. The number of aromatic nitrogens is 4. The smallest absolute Gasteiger partial charge is 0.237 e. The first-order valence-electron chi connectivity index (χ1n) is 14.2. The molecule has 0 amide bonds. The van der Waals surface area contributed by atoms with Gasteiger partial charge < -0.3 is 29.8 Å². The van der Waals surface area contributed by atoms with Crippen molar-refractivity contribution < 1.29 is 14.2 Å². The Kier molecular flexibility index (Phi) is 9.11. The van der Waals surface area contributed by atoms with Crippen LogP contribution in [0.25, 0.3) is 11.3 Å². The van der Waals surface area contributed by atoms with E-state index in [2.05, 4.69) is 51.1 Å². The van der Waals surface area contributed by atoms with Crippen molar-refractivity contribution in [2.24, 2.45) is 0 Å². The molecule has 0 radical (unpaired) electrons. The number of fused-ring (bicyclic) bond motifs is 5. The average Bonchev–Trinajstić information content (AvgIpc) is 2.99. The van der Waals surface area contributed by atoms with Gasteiger partial charge in [0.1, 0.15) is 17.1 Å². The average molecular weight is 568 g/mol. The summed E-state index contributed by atoms with van der Waals surface area (Å²) in [5.41, 5.74) is 5.80. The lowest BCUT2D eigenvalue weighted by molar-refractivity contribution is 0.255. The molecule has 10 nitrogen and oxygen atoms in total. The van der Waals surface area contributed by atoms with Gasteiger partial charge in [0.2, 0.25) is 11.8 Å². The summed E-state index contributed by atoms with van der Waals surface area (Å²) < 4.78 is 17.7. The Balaban J connectivity index is 1.74. The molecule has 1 aliphatic rings. The summed E-state index contributed by atoms with van der Waals surface area (Å²) in [4.78, 5) is 21.0. The van der Waals surface area contributed by atoms with Crippen LogP contribution in [0.5, 0.6) is 17.5 Å². The first kappa shape index (κ1) is 28.8. The maximum absolute atomic E-state index is 8.72. The van der Waals surface area contributed by atoms with Gasteiger partial charge in [0.15, 0.2) is 0 Å². The van der Waals surface area contributed by atoms with E-state index in [1.54, 1.807) is 32.6 Å². The molecule has 0 unspecified atom stereocenters. The highest BCUT2D eigenvalue weighted by molar-refractivity contribution is 6.03. The van der Waals surface area contributed by atoms with E-state index >= 15 is 0 Å². The van der Waals surface area contributed by atoms with E-state index in [4.69, 9.17) is 24.6 Å². The lowest BCUT2D eigenvalue weighted by Gasteiger charge is -2.30. The van der Waals surface area contributed by atoms with Gasteiger partial charge in [-0.1, -0.05) is 12.1 Å². The van der Waals surface area contributed by atoms with E-state index in [0.717, 1.165) is 46.8 Å². The van der Waals surface area contributed by atoms with Crippen LogP contribution in [0.2, 0.25) is 0 Å². The molecule has 0 atom stereocenters. The van der Waals surface area contributed by atoms with Gasteiger partial charge in [0, 0.05) is 31.2 Å². The Morgan fingerprint density at radius 2 is 1.71 bits per heavy atom. The minimum atomic E-state index is 0.0964. The zero-order chi connectivity index (χ0) is 29.5. The van der Waals surface area contributed by atoms with Crippen LogP contribution in [0.1, 0.15) is 50.6 Å². The number of hydrogen-bond donors (Lipinski definition) is 2. The maximum Gasteiger partial charge on any atom is 0.237 e. The highest BCUT2D eigenvalue weighted by atomic mass is 16.5. The van der Waals surface area contributed by atoms with E-state index in [1.165, 1.54) is 0 Å². The molecule has 2 N–H and O–H groups in total. The summed E-state index contributed by atoms with van der Waals surface area (Å²) in [5, 5.41) is 12.3. The third-order valence-electron chi connectivity index (χ3n) is 6.80. The van der Waals surface area contributed by atoms with Gasteiger partial charge in [-0.25, -0.2) is 15.0 Å². The Bertz CT molecular complexity index is 1530. The second-order valence-corrected chi connectivity index (χ2v) is 10.4. The third-order valence-corrected chi connectivity index (χ3v) is 6.80. The minimum Gasteiger partial charge on any atom is -0.497 e. The van der Waals surface area contributed by atoms with E-state index in [9.17, 15) is 0 Å². The van der Waals surface area contributed by atoms with Crippen LogP contribution in [-0.4, -0.2) is 52.0 Å². The number of nitrogens with one attached hydrogen (secondary N) is 2. The predicted octanol–water partition coefficient (Wildman–Crippen LogP) is 5.91. The summed E-state index contributed by atoms with van der Waals surface area (Å²) in [5.74, 6) is 1.81. The molecule has 5 rings (SSSR count). The number of benzene rings is 1. The fraction of sp³-hybridized carbons (Fsp3) is 0.344. The largest absolute Gasteiger partial charge is 0.497 e. The summed E-state index contributed by atoms with van der Waals surface area (Å²) in [6.07, 6.45) is 6.64. The highest BCUT2D eigenvalue weighted by Gasteiger charge is 2.24. The van der Waals surface area contributed by atoms with Crippen molar-refractivity contribution in [1.82, 2.24) is 19.9 Å². The standard InChI is InChI=1S/C32H37N7O3/c1-21(2)37-30-28-18-26(38-29(30)22(3)33)25-8-7-13-35-31(25)41-16-5-6-17-42-32-27(34-14-15-36-32)20-39(28)19-23-9-11-24(40-4)12-10-23/h7-15,18,21,33,37H,5-6,16-17,19-20H2,1-4H3. The van der Waals surface area contributed by atoms with Crippen molar-refractivity contribution in [1.29, 1.82) is 5.41 Å². The number of methoxy groups -OCH3 is 1. The molecule has 0 spiro atoms. The van der Waals surface area contributed by atoms with Crippen molar-refractivity contribution in [3.63, 3.8) is 0 Å². The molecule has 1 aliphatic heterocycles. The molecule has 0 saturated carbocycles. The van der Waals surface area contributed by atoms with Crippen molar-refractivity contribution in [2.45, 2.75) is 52.7 Å². The summed E-state index contributed by atoms with van der Waals surface area (Å²) in [6, 6.07) is 14.0. The SMILES string of the molecule is COc1ccc(CN2Cc3nccnc3OCCCCOc3ncccc3-c3cc2c(NC(C)C)c(C(C)=N)n3)cc1. The van der Waals surface area contributed by atoms with Crippen LogP contribution < -0.4 is 24.4 Å². The predicted molar refractivity (Wildman–Crippen MR) is 164 cm³/mol. The van der Waals surface area contributed by atoms with Gasteiger partial charge >= 0.3 is 0 Å². The van der Waals surface area contributed by atoms with Crippen molar-refractivity contribution >= 4 is 17.1 Å². The molecule has 4 aromatic rings. The minimum absolute atomic E-state index is 0.0964. The monoisotopic (exact) mass is 567 g/mol. The van der Waals surface area contributed by atoms with Crippen LogP contribution in [0, 0.1) is 5.41 Å². The van der Waals surface area contributed by atoms with Gasteiger partial charge in [-0.2, -0.15) is 0 Å². The Hall–Kier alpha value is -4.73. The van der Waals surface area contributed by atoms with Crippen LogP contribution in [0.3, 0.4) is 0 Å². The van der Waals surface area contributed by atoms with E-state index in [0.29, 0.717) is 55.2 Å². The topological polar surface area (TPSA) is 118 Å². The molecule has 3 aromatic heterocycles. The molecule has 4 heterocycles. The summed E-state index contributed by atoms with van der Waals surface area (Å²) in [7, 11) is 1.66. The lowest BCUT2D eigenvalue weighted by atomic mass is 10.1. The van der Waals surface area contributed by atoms with Crippen LogP contribution in [0.4, 0.5) is 11.4 Å². The quantitative estimate of drug-likeness (QED) is 0.274. The Morgan fingerprint density at radius 3 is 2.43 bits per heavy atom. The van der Waals surface area contributed by atoms with Crippen LogP contribution >= 0.6 is 0 Å². The van der Waals surface area contributed by atoms with Gasteiger partial charge in [0.05, 0.1) is 55.2 Å². The van der Waals surface area contributed by atoms with E-state index in [1.807, 2.05) is 30.3 Å². The van der Waals surface area contributed by atoms with Crippen molar-refractivity contribution in [3.8, 4) is 28.8 Å². The van der Waals surface area contributed by atoms with E-state index < -0.39 is 0 Å². The third kappa shape index (κ3) is 6.76. The number of ether oxygens (including phenoxy) is 3. The zero-order valence-corrected chi connectivity index (χ0v) is 24.6. The van der Waals surface area contributed by atoms with Crippen molar-refractivity contribution in [2.75, 3.05) is 30.5 Å². The molecule has 1 aromatic carbocycles. The molecule has 2 bridgehead atoms. The maximum atomic E-state index is 8.72. The molecular weight excluding hydrogens is 530 g/mol.